The summed E-state index contributed by atoms with van der Waals surface area (Å²) in [6.07, 6.45) is 0.199. The smallest absolute Gasteiger partial charge is 0.307 e. The number of nitrogens with one attached hydrogen (secondary N) is 1. The van der Waals surface area contributed by atoms with Gasteiger partial charge in [-0.2, -0.15) is 0 Å². The maximum absolute atomic E-state index is 13.6. The number of hydrogen-bond acceptors (Lipinski definition) is 2. The van der Waals surface area contributed by atoms with Gasteiger partial charge in [-0.15, -0.1) is 0 Å². The van der Waals surface area contributed by atoms with Gasteiger partial charge >= 0.3 is 5.97 Å². The zero-order chi connectivity index (χ0) is 12.6. The fourth-order valence-corrected chi connectivity index (χ4v) is 2.43. The first-order valence-electron chi connectivity index (χ1n) is 5.09. The molecule has 2 atom stereocenters. The minimum Gasteiger partial charge on any atom is -0.481 e. The van der Waals surface area contributed by atoms with Gasteiger partial charge in [-0.25, -0.2) is 8.78 Å². The number of aliphatic carboxylic acids is 1. The molecule has 6 heteroatoms. The number of halogens is 3. The molecule has 0 saturated carbocycles. The lowest BCUT2D eigenvalue weighted by atomic mass is 9.99. The standard InChI is InChI=1S/C11H10BrF2NO2/c12-6-2-7(13)10(8(14)3-6)9-1-5(4-15-9)11(16)17/h2-3,5,9,15H,1,4H2,(H,16,17). The van der Waals surface area contributed by atoms with Gasteiger partial charge in [0.1, 0.15) is 11.6 Å². The zero-order valence-electron chi connectivity index (χ0n) is 8.71. The molecule has 1 aliphatic heterocycles. The Kier molecular flexibility index (Phi) is 3.44. The summed E-state index contributed by atoms with van der Waals surface area (Å²) in [6, 6.07) is 1.77. The largest absolute Gasteiger partial charge is 0.481 e. The molecule has 0 amide bonds. The van der Waals surface area contributed by atoms with Crippen LogP contribution in [0.15, 0.2) is 16.6 Å². The van der Waals surface area contributed by atoms with Crippen LogP contribution in [0.2, 0.25) is 0 Å². The summed E-state index contributed by atoms with van der Waals surface area (Å²) in [5, 5.41) is 11.7. The number of hydrogen-bond donors (Lipinski definition) is 2. The van der Waals surface area contributed by atoms with Gasteiger partial charge in [-0.1, -0.05) is 15.9 Å². The molecule has 1 heterocycles. The van der Waals surface area contributed by atoms with Crippen LogP contribution in [0.5, 0.6) is 0 Å². The first-order valence-corrected chi connectivity index (χ1v) is 5.89. The number of carboxylic acids is 1. The quantitative estimate of drug-likeness (QED) is 0.882. The Morgan fingerprint density at radius 3 is 2.47 bits per heavy atom. The molecule has 17 heavy (non-hydrogen) atoms. The van der Waals surface area contributed by atoms with Crippen LogP contribution < -0.4 is 5.32 Å². The van der Waals surface area contributed by atoms with E-state index in [9.17, 15) is 13.6 Å². The predicted octanol–water partition coefficient (Wildman–Crippen LogP) is 2.46. The van der Waals surface area contributed by atoms with Crippen molar-refractivity contribution in [3.63, 3.8) is 0 Å². The summed E-state index contributed by atoms with van der Waals surface area (Å²) in [5.74, 6) is -2.87. The SMILES string of the molecule is O=C(O)C1CNC(c2c(F)cc(Br)cc2F)C1. The van der Waals surface area contributed by atoms with E-state index < -0.39 is 29.6 Å². The summed E-state index contributed by atoms with van der Waals surface area (Å²) >= 11 is 3.00. The van der Waals surface area contributed by atoms with Crippen LogP contribution in [0.1, 0.15) is 18.0 Å². The molecule has 0 aromatic heterocycles. The second-order valence-corrected chi connectivity index (χ2v) is 4.93. The van der Waals surface area contributed by atoms with Crippen molar-refractivity contribution in [2.24, 2.45) is 5.92 Å². The van der Waals surface area contributed by atoms with Crippen molar-refractivity contribution >= 4 is 21.9 Å². The lowest BCUT2D eigenvalue weighted by molar-refractivity contribution is -0.141. The average molecular weight is 306 g/mol. The van der Waals surface area contributed by atoms with Crippen LogP contribution in [0.4, 0.5) is 8.78 Å². The highest BCUT2D eigenvalue weighted by Gasteiger charge is 2.33. The van der Waals surface area contributed by atoms with Crippen molar-refractivity contribution in [2.45, 2.75) is 12.5 Å². The van der Waals surface area contributed by atoms with E-state index in [0.717, 1.165) is 0 Å². The van der Waals surface area contributed by atoms with Gasteiger partial charge in [0.05, 0.1) is 5.92 Å². The van der Waals surface area contributed by atoms with Gasteiger partial charge in [0.15, 0.2) is 0 Å². The average Bonchev–Trinajstić information content (AvgIpc) is 2.65. The number of rotatable bonds is 2. The Morgan fingerprint density at radius 2 is 2.00 bits per heavy atom. The van der Waals surface area contributed by atoms with Gasteiger partial charge in [0, 0.05) is 22.6 Å². The Bertz CT molecular complexity index is 444. The second-order valence-electron chi connectivity index (χ2n) is 4.01. The fraction of sp³-hybridized carbons (Fsp3) is 0.364. The van der Waals surface area contributed by atoms with Crippen LogP contribution in [0.25, 0.3) is 0 Å². The molecule has 2 rings (SSSR count). The van der Waals surface area contributed by atoms with Gasteiger partial charge in [-0.05, 0) is 18.6 Å². The molecule has 3 nitrogen and oxygen atoms in total. The van der Waals surface area contributed by atoms with Crippen molar-refractivity contribution in [1.29, 1.82) is 0 Å². The Balaban J connectivity index is 2.27. The lowest BCUT2D eigenvalue weighted by Gasteiger charge is -2.13. The highest BCUT2D eigenvalue weighted by atomic mass is 79.9. The summed E-state index contributed by atoms with van der Waals surface area (Å²) in [6.45, 7) is 0.231. The first-order chi connectivity index (χ1) is 7.99. The molecule has 1 aromatic carbocycles. The summed E-state index contributed by atoms with van der Waals surface area (Å²) < 4.78 is 27.6. The van der Waals surface area contributed by atoms with Gasteiger partial charge < -0.3 is 10.4 Å². The van der Waals surface area contributed by atoms with E-state index in [4.69, 9.17) is 5.11 Å². The number of carboxylic acid groups (broad SMARTS) is 1. The van der Waals surface area contributed by atoms with Crippen LogP contribution in [-0.4, -0.2) is 17.6 Å². The van der Waals surface area contributed by atoms with E-state index in [2.05, 4.69) is 21.2 Å². The molecule has 0 bridgehead atoms. The van der Waals surface area contributed by atoms with E-state index in [-0.39, 0.29) is 18.5 Å². The van der Waals surface area contributed by atoms with Crippen molar-refractivity contribution in [3.8, 4) is 0 Å². The molecule has 1 saturated heterocycles. The third-order valence-electron chi connectivity index (χ3n) is 2.87. The van der Waals surface area contributed by atoms with E-state index in [0.29, 0.717) is 4.47 Å². The first kappa shape index (κ1) is 12.4. The Labute approximate surface area is 105 Å². The van der Waals surface area contributed by atoms with Crippen molar-refractivity contribution < 1.29 is 18.7 Å². The van der Waals surface area contributed by atoms with Crippen LogP contribution >= 0.6 is 15.9 Å². The van der Waals surface area contributed by atoms with Crippen LogP contribution in [0, 0.1) is 17.6 Å². The van der Waals surface area contributed by atoms with E-state index in [1.165, 1.54) is 12.1 Å². The molecule has 1 aromatic rings. The monoisotopic (exact) mass is 305 g/mol. The van der Waals surface area contributed by atoms with E-state index in [1.807, 2.05) is 0 Å². The van der Waals surface area contributed by atoms with E-state index >= 15 is 0 Å². The highest BCUT2D eigenvalue weighted by Crippen LogP contribution is 2.32. The summed E-state index contributed by atoms with van der Waals surface area (Å²) in [5.41, 5.74) is -0.0862. The van der Waals surface area contributed by atoms with E-state index in [1.54, 1.807) is 0 Å². The number of benzene rings is 1. The van der Waals surface area contributed by atoms with Crippen LogP contribution in [-0.2, 0) is 4.79 Å². The number of carbonyl (C=O) groups is 1. The van der Waals surface area contributed by atoms with Crippen LogP contribution in [0.3, 0.4) is 0 Å². The third-order valence-corrected chi connectivity index (χ3v) is 3.33. The molecular weight excluding hydrogens is 296 g/mol. The lowest BCUT2D eigenvalue weighted by Crippen LogP contribution is -2.18. The molecule has 1 aliphatic rings. The normalized spacial score (nSPS) is 23.9. The maximum Gasteiger partial charge on any atom is 0.307 e. The molecule has 2 N–H and O–H groups in total. The minimum absolute atomic E-state index is 0.0862. The zero-order valence-corrected chi connectivity index (χ0v) is 10.3. The fourth-order valence-electron chi connectivity index (χ4n) is 2.03. The molecule has 92 valence electrons. The highest BCUT2D eigenvalue weighted by molar-refractivity contribution is 9.10. The van der Waals surface area contributed by atoms with Gasteiger partial charge in [-0.3, -0.25) is 4.79 Å². The molecule has 1 fully saturated rings. The van der Waals surface area contributed by atoms with Gasteiger partial charge in [0.2, 0.25) is 0 Å². The topological polar surface area (TPSA) is 49.3 Å². The van der Waals surface area contributed by atoms with Crippen molar-refractivity contribution in [1.82, 2.24) is 5.32 Å². The maximum atomic E-state index is 13.6. The molecule has 0 aliphatic carbocycles. The van der Waals surface area contributed by atoms with Crippen molar-refractivity contribution in [3.05, 3.63) is 33.8 Å². The Morgan fingerprint density at radius 1 is 1.41 bits per heavy atom. The summed E-state index contributed by atoms with van der Waals surface area (Å²) in [4.78, 5) is 10.8. The third kappa shape index (κ3) is 2.47. The summed E-state index contributed by atoms with van der Waals surface area (Å²) in [7, 11) is 0. The second kappa shape index (κ2) is 4.70. The molecule has 2 unspecified atom stereocenters. The molecule has 0 radical (unpaired) electrons. The molecule has 0 spiro atoms. The predicted molar refractivity (Wildman–Crippen MR) is 60.5 cm³/mol. The Hall–Kier alpha value is -1.01. The molecular formula is C11H10BrF2NO2. The minimum atomic E-state index is -0.946. The van der Waals surface area contributed by atoms with Crippen molar-refractivity contribution in [2.75, 3.05) is 6.54 Å². The van der Waals surface area contributed by atoms with Gasteiger partial charge in [0.25, 0.3) is 0 Å².